The van der Waals surface area contributed by atoms with Gasteiger partial charge in [0.2, 0.25) is 0 Å². The molecule has 1 aliphatic heterocycles. The molecule has 0 N–H and O–H groups in total. The summed E-state index contributed by atoms with van der Waals surface area (Å²) >= 11 is -0.115. The van der Waals surface area contributed by atoms with Gasteiger partial charge >= 0.3 is 40.0 Å². The molecular formula is C4H9I. The first-order valence-electron chi connectivity index (χ1n) is 1.85. The van der Waals surface area contributed by atoms with Crippen LogP contribution in [0.15, 0.2) is 0 Å². The molecule has 32 valence electrons. The molecule has 0 radical (unpaired) electrons. The zero-order chi connectivity index (χ0) is 3.86. The Kier molecular flexibility index (Phi) is 0.860. The van der Waals surface area contributed by atoms with Gasteiger partial charge in [-0.1, -0.05) is 0 Å². The van der Waals surface area contributed by atoms with Crippen LogP contribution in [0.1, 0.15) is 6.92 Å². The van der Waals surface area contributed by atoms with Crippen LogP contribution >= 0.6 is 19.8 Å². The van der Waals surface area contributed by atoms with E-state index in [0.29, 0.717) is 0 Å². The van der Waals surface area contributed by atoms with E-state index in [1.807, 2.05) is 0 Å². The quantitative estimate of drug-likeness (QED) is 0.395. The molecule has 0 spiro atoms. The Labute approximate surface area is 40.3 Å². The van der Waals surface area contributed by atoms with Crippen LogP contribution in [0.4, 0.5) is 0 Å². The van der Waals surface area contributed by atoms with Crippen LogP contribution in [0.5, 0.6) is 0 Å². The number of hydrogen-bond acceptors (Lipinski definition) is 0. The molecule has 0 bridgehead atoms. The molecule has 1 fully saturated rings. The van der Waals surface area contributed by atoms with E-state index in [1.165, 1.54) is 3.92 Å². The summed E-state index contributed by atoms with van der Waals surface area (Å²) < 4.78 is 2.84. The second-order valence-corrected chi connectivity index (χ2v) is 8.23. The van der Waals surface area contributed by atoms with Crippen molar-refractivity contribution in [2.24, 2.45) is 0 Å². The second-order valence-electron chi connectivity index (χ2n) is 1.57. The molecule has 0 saturated carbocycles. The predicted molar refractivity (Wildman–Crippen MR) is 34.3 cm³/mol. The third-order valence-corrected chi connectivity index (χ3v) is 6.64. The first-order chi connectivity index (χ1) is 2.30. The van der Waals surface area contributed by atoms with Crippen molar-refractivity contribution in [3.05, 3.63) is 0 Å². The zero-order valence-electron chi connectivity index (χ0n) is 3.66. The first kappa shape index (κ1) is 3.90. The molecule has 1 heterocycles. The Bertz CT molecular complexity index is 36.9. The summed E-state index contributed by atoms with van der Waals surface area (Å²) in [6.07, 6.45) is 0. The van der Waals surface area contributed by atoms with E-state index in [0.717, 1.165) is 0 Å². The van der Waals surface area contributed by atoms with Crippen LogP contribution < -0.4 is 0 Å². The van der Waals surface area contributed by atoms with Crippen molar-refractivity contribution >= 4 is 19.8 Å². The van der Waals surface area contributed by atoms with Crippen molar-refractivity contribution in [2.45, 2.75) is 10.8 Å². The van der Waals surface area contributed by atoms with Crippen molar-refractivity contribution in [2.75, 3.05) is 9.36 Å². The van der Waals surface area contributed by atoms with Crippen molar-refractivity contribution in [3.63, 3.8) is 0 Å². The Morgan fingerprint density at radius 3 is 2.00 bits per heavy atom. The first-order valence-corrected chi connectivity index (χ1v) is 6.78. The van der Waals surface area contributed by atoms with Gasteiger partial charge in [-0.2, -0.15) is 0 Å². The molecule has 1 saturated heterocycles. The minimum atomic E-state index is -0.115. The Morgan fingerprint density at radius 2 is 2.00 bits per heavy atom. The van der Waals surface area contributed by atoms with E-state index in [2.05, 4.69) is 11.9 Å². The van der Waals surface area contributed by atoms with Gasteiger partial charge in [-0.05, 0) is 0 Å². The molecular weight excluding hydrogens is 175 g/mol. The molecule has 1 heteroatoms. The topological polar surface area (TPSA) is 0 Å². The van der Waals surface area contributed by atoms with E-state index in [1.54, 1.807) is 4.43 Å². The van der Waals surface area contributed by atoms with E-state index in [4.69, 9.17) is 0 Å². The summed E-state index contributed by atoms with van der Waals surface area (Å²) in [7, 11) is 0. The van der Waals surface area contributed by atoms with E-state index >= 15 is 0 Å². The maximum absolute atomic E-state index is 2.45. The van der Waals surface area contributed by atoms with Crippen molar-refractivity contribution < 1.29 is 0 Å². The maximum atomic E-state index is 2.45. The third-order valence-electron chi connectivity index (χ3n) is 0.990. The molecule has 0 aliphatic carbocycles. The van der Waals surface area contributed by atoms with Crippen LogP contribution in [0.25, 0.3) is 0 Å². The van der Waals surface area contributed by atoms with Crippen LogP contribution in [0, 0.1) is 0 Å². The van der Waals surface area contributed by atoms with Gasteiger partial charge in [0.25, 0.3) is 0 Å². The number of rotatable bonds is 0. The Hall–Kier alpha value is 0.730. The normalized spacial score (nSPS) is 42.0. The summed E-state index contributed by atoms with van der Waals surface area (Å²) in [6.45, 7) is 2.37. The van der Waals surface area contributed by atoms with Crippen molar-refractivity contribution in [1.29, 1.82) is 0 Å². The molecule has 1 atom stereocenters. The summed E-state index contributed by atoms with van der Waals surface area (Å²) in [4.78, 5) is 2.45. The second kappa shape index (κ2) is 1.10. The standard InChI is InChI=1S/C4H9I/c1-4-3-5(4)2/h4H,3H2,1-2H3. The molecule has 0 nitrogen and oxygen atoms in total. The van der Waals surface area contributed by atoms with Crippen molar-refractivity contribution in [1.82, 2.24) is 0 Å². The van der Waals surface area contributed by atoms with E-state index in [9.17, 15) is 0 Å². The zero-order valence-corrected chi connectivity index (χ0v) is 5.82. The van der Waals surface area contributed by atoms with Gasteiger partial charge in [0, 0.05) is 0 Å². The third kappa shape index (κ3) is 0.778. The van der Waals surface area contributed by atoms with E-state index < -0.39 is 0 Å². The van der Waals surface area contributed by atoms with Gasteiger partial charge in [-0.3, -0.25) is 0 Å². The molecule has 0 aromatic heterocycles. The van der Waals surface area contributed by atoms with Crippen LogP contribution in [0.3, 0.4) is 0 Å². The summed E-state index contributed by atoms with van der Waals surface area (Å²) in [5.74, 6) is 0. The molecule has 1 unspecified atom stereocenters. The summed E-state index contributed by atoms with van der Waals surface area (Å²) in [5, 5.41) is 0. The van der Waals surface area contributed by atoms with Gasteiger partial charge in [0.05, 0.1) is 0 Å². The number of halogens is 1. The Balaban J connectivity index is 2.20. The molecule has 1 rings (SSSR count). The molecule has 0 amide bonds. The van der Waals surface area contributed by atoms with Crippen molar-refractivity contribution in [3.8, 4) is 0 Å². The predicted octanol–water partition coefficient (Wildman–Crippen LogP) is 1.52. The SMILES string of the molecule is CC1CI1C. The van der Waals surface area contributed by atoms with Gasteiger partial charge in [-0.25, -0.2) is 0 Å². The van der Waals surface area contributed by atoms with Gasteiger partial charge < -0.3 is 0 Å². The number of alkyl halides is 3. The average Bonchev–Trinajstić information content (AvgIpc) is 1.79. The summed E-state index contributed by atoms with van der Waals surface area (Å²) in [5.41, 5.74) is 0. The van der Waals surface area contributed by atoms with Crippen LogP contribution in [-0.4, -0.2) is 13.3 Å². The monoisotopic (exact) mass is 184 g/mol. The minimum absolute atomic E-state index is 0.115. The van der Waals surface area contributed by atoms with Crippen LogP contribution in [0.2, 0.25) is 0 Å². The molecule has 5 heavy (non-hydrogen) atoms. The van der Waals surface area contributed by atoms with Gasteiger partial charge in [0.1, 0.15) is 0 Å². The van der Waals surface area contributed by atoms with Crippen LogP contribution in [-0.2, 0) is 0 Å². The van der Waals surface area contributed by atoms with Gasteiger partial charge in [-0.15, -0.1) is 0 Å². The van der Waals surface area contributed by atoms with Gasteiger partial charge in [0.15, 0.2) is 0 Å². The fourth-order valence-electron chi connectivity index (χ4n) is 0.302. The fourth-order valence-corrected chi connectivity index (χ4v) is 4.26. The molecule has 0 aromatic rings. The summed E-state index contributed by atoms with van der Waals surface area (Å²) in [6, 6.07) is 0. The Morgan fingerprint density at radius 1 is 1.80 bits per heavy atom. The molecule has 1 aliphatic rings. The average molecular weight is 184 g/mol. The molecule has 0 aromatic carbocycles. The fraction of sp³-hybridized carbons (Fsp3) is 1.00. The van der Waals surface area contributed by atoms with E-state index in [-0.39, 0.29) is 19.8 Å². The number of hydrogen-bond donors (Lipinski definition) is 0.